The van der Waals surface area contributed by atoms with Gasteiger partial charge in [0.1, 0.15) is 0 Å². The number of rotatable bonds is 3. The van der Waals surface area contributed by atoms with Crippen molar-refractivity contribution in [2.45, 2.75) is 6.54 Å². The zero-order valence-corrected chi connectivity index (χ0v) is 6.97. The maximum absolute atomic E-state index is 13.0. The summed E-state index contributed by atoms with van der Waals surface area (Å²) in [5.74, 6) is -2.21. The molecule has 0 fully saturated rings. The third kappa shape index (κ3) is 1.93. The van der Waals surface area contributed by atoms with Gasteiger partial charge in [0.2, 0.25) is 5.82 Å². The Hall–Kier alpha value is -1.20. The minimum Gasteiger partial charge on any atom is -0.493 e. The normalized spacial score (nSPS) is 10.2. The minimum atomic E-state index is -1.05. The van der Waals surface area contributed by atoms with Crippen LogP contribution < -0.4 is 10.2 Å². The average Bonchev–Trinajstić information content (AvgIpc) is 2.12. The maximum atomic E-state index is 13.0. The van der Waals surface area contributed by atoms with Crippen molar-refractivity contribution in [2.24, 2.45) is 0 Å². The lowest BCUT2D eigenvalue weighted by Gasteiger charge is -2.08. The molecule has 0 heterocycles. The predicted molar refractivity (Wildman–Crippen MR) is 41.5 cm³/mol. The maximum Gasteiger partial charge on any atom is 0.200 e. The van der Waals surface area contributed by atoms with Crippen LogP contribution in [0.4, 0.5) is 8.78 Å². The Morgan fingerprint density at radius 3 is 2.69 bits per heavy atom. The Balaban J connectivity index is 3.13. The topological polar surface area (TPSA) is 41.5 Å². The summed E-state index contributed by atoms with van der Waals surface area (Å²) in [6, 6.07) is 2.31. The van der Waals surface area contributed by atoms with Gasteiger partial charge in [0.25, 0.3) is 0 Å². The van der Waals surface area contributed by atoms with Gasteiger partial charge in [-0.1, -0.05) is 6.07 Å². The molecule has 0 bridgehead atoms. The molecule has 1 aromatic carbocycles. The van der Waals surface area contributed by atoms with Crippen molar-refractivity contribution in [1.29, 1.82) is 0 Å². The van der Waals surface area contributed by atoms with Crippen molar-refractivity contribution in [3.05, 3.63) is 29.3 Å². The first-order chi connectivity index (χ1) is 6.20. The second-order valence-electron chi connectivity index (χ2n) is 2.39. The summed E-state index contributed by atoms with van der Waals surface area (Å²) >= 11 is 0. The Morgan fingerprint density at radius 1 is 1.46 bits per heavy atom. The quantitative estimate of drug-likeness (QED) is 0.707. The van der Waals surface area contributed by atoms with Crippen LogP contribution in [-0.2, 0) is 6.54 Å². The smallest absolute Gasteiger partial charge is 0.200 e. The molecule has 0 unspecified atom stereocenters. The number of nitrogens with one attached hydrogen (secondary N) is 1. The Labute approximate surface area is 73.9 Å². The van der Waals surface area contributed by atoms with Gasteiger partial charge in [0.05, 0.1) is 7.11 Å². The van der Waals surface area contributed by atoms with Gasteiger partial charge in [-0.05, 0) is 6.07 Å². The molecule has 0 atom stereocenters. The number of benzene rings is 1. The minimum absolute atomic E-state index is 0.000370. The van der Waals surface area contributed by atoms with Crippen LogP contribution in [0.2, 0.25) is 0 Å². The van der Waals surface area contributed by atoms with Crippen molar-refractivity contribution in [2.75, 3.05) is 7.11 Å². The van der Waals surface area contributed by atoms with E-state index >= 15 is 0 Å². The van der Waals surface area contributed by atoms with Crippen LogP contribution in [0, 0.1) is 11.6 Å². The second-order valence-corrected chi connectivity index (χ2v) is 2.39. The SMILES string of the molecule is COc1c(CNO)ccc(F)c1F. The monoisotopic (exact) mass is 189 g/mol. The largest absolute Gasteiger partial charge is 0.493 e. The predicted octanol–water partition coefficient (Wildman–Crippen LogP) is 1.45. The lowest BCUT2D eigenvalue weighted by molar-refractivity contribution is 0.159. The number of hydrogen-bond donors (Lipinski definition) is 2. The summed E-state index contributed by atoms with van der Waals surface area (Å²) in [7, 11) is 1.23. The van der Waals surface area contributed by atoms with Crippen LogP contribution in [-0.4, -0.2) is 12.3 Å². The highest BCUT2D eigenvalue weighted by Crippen LogP contribution is 2.24. The number of hydrogen-bond acceptors (Lipinski definition) is 3. The van der Waals surface area contributed by atoms with Crippen LogP contribution in [0.3, 0.4) is 0 Å². The first-order valence-corrected chi connectivity index (χ1v) is 3.58. The zero-order chi connectivity index (χ0) is 9.84. The van der Waals surface area contributed by atoms with Crippen LogP contribution in [0.15, 0.2) is 12.1 Å². The van der Waals surface area contributed by atoms with E-state index in [1.807, 2.05) is 5.48 Å². The van der Waals surface area contributed by atoms with Gasteiger partial charge < -0.3 is 9.94 Å². The van der Waals surface area contributed by atoms with Crippen LogP contribution in [0.5, 0.6) is 5.75 Å². The molecule has 2 N–H and O–H groups in total. The molecule has 0 amide bonds. The van der Waals surface area contributed by atoms with Gasteiger partial charge >= 0.3 is 0 Å². The fraction of sp³-hybridized carbons (Fsp3) is 0.250. The van der Waals surface area contributed by atoms with Crippen molar-refractivity contribution in [1.82, 2.24) is 5.48 Å². The van der Waals surface area contributed by atoms with E-state index in [2.05, 4.69) is 4.74 Å². The first-order valence-electron chi connectivity index (χ1n) is 3.58. The van der Waals surface area contributed by atoms with E-state index in [0.29, 0.717) is 5.56 Å². The highest BCUT2D eigenvalue weighted by molar-refractivity contribution is 5.35. The Bertz CT molecular complexity index is 304. The van der Waals surface area contributed by atoms with Gasteiger partial charge in [-0.25, -0.2) is 9.87 Å². The summed E-state index contributed by atoms with van der Waals surface area (Å²) in [6.07, 6.45) is 0. The molecule has 0 aliphatic heterocycles. The number of halogens is 2. The highest BCUT2D eigenvalue weighted by Gasteiger charge is 2.13. The molecular weight excluding hydrogens is 180 g/mol. The lowest BCUT2D eigenvalue weighted by Crippen LogP contribution is -2.08. The zero-order valence-electron chi connectivity index (χ0n) is 6.97. The molecule has 1 rings (SSSR count). The molecule has 0 radical (unpaired) electrons. The van der Waals surface area contributed by atoms with Gasteiger partial charge in [0, 0.05) is 12.1 Å². The summed E-state index contributed by atoms with van der Waals surface area (Å²) < 4.78 is 30.3. The van der Waals surface area contributed by atoms with Gasteiger partial charge in [-0.15, -0.1) is 0 Å². The molecule has 1 aromatic rings. The van der Waals surface area contributed by atoms with E-state index in [-0.39, 0.29) is 12.3 Å². The molecule has 0 aliphatic carbocycles. The fourth-order valence-corrected chi connectivity index (χ4v) is 1.02. The summed E-state index contributed by atoms with van der Waals surface area (Å²) in [6.45, 7) is 0.000370. The fourth-order valence-electron chi connectivity index (χ4n) is 1.02. The second kappa shape index (κ2) is 4.15. The molecule has 72 valence electrons. The first kappa shape index (κ1) is 9.88. The highest BCUT2D eigenvalue weighted by atomic mass is 19.2. The van der Waals surface area contributed by atoms with Crippen molar-refractivity contribution < 1.29 is 18.7 Å². The lowest BCUT2D eigenvalue weighted by atomic mass is 10.2. The van der Waals surface area contributed by atoms with Crippen molar-refractivity contribution in [3.8, 4) is 5.75 Å². The Morgan fingerprint density at radius 2 is 2.15 bits per heavy atom. The van der Waals surface area contributed by atoms with E-state index in [9.17, 15) is 8.78 Å². The van der Waals surface area contributed by atoms with Gasteiger partial charge in [0.15, 0.2) is 11.6 Å². The van der Waals surface area contributed by atoms with Crippen LogP contribution in [0.1, 0.15) is 5.56 Å². The molecule has 0 saturated heterocycles. The number of hydroxylamine groups is 1. The summed E-state index contributed by atoms with van der Waals surface area (Å²) in [5.41, 5.74) is 2.19. The molecule has 3 nitrogen and oxygen atoms in total. The van der Waals surface area contributed by atoms with Crippen molar-refractivity contribution in [3.63, 3.8) is 0 Å². The average molecular weight is 189 g/mol. The third-order valence-corrected chi connectivity index (χ3v) is 1.61. The Kier molecular flexibility index (Phi) is 3.16. The number of methoxy groups -OCH3 is 1. The van der Waals surface area contributed by atoms with Gasteiger partial charge in [-0.3, -0.25) is 0 Å². The molecule has 0 spiro atoms. The summed E-state index contributed by atoms with van der Waals surface area (Å²) in [5, 5.41) is 8.38. The van der Waals surface area contributed by atoms with E-state index in [0.717, 1.165) is 6.07 Å². The molecule has 13 heavy (non-hydrogen) atoms. The van der Waals surface area contributed by atoms with E-state index in [1.165, 1.54) is 13.2 Å². The summed E-state index contributed by atoms with van der Waals surface area (Å²) in [4.78, 5) is 0. The third-order valence-electron chi connectivity index (χ3n) is 1.61. The van der Waals surface area contributed by atoms with E-state index in [1.54, 1.807) is 0 Å². The van der Waals surface area contributed by atoms with Crippen LogP contribution >= 0.6 is 0 Å². The number of ether oxygens (including phenoxy) is 1. The molecule has 0 aliphatic rings. The van der Waals surface area contributed by atoms with Crippen molar-refractivity contribution >= 4 is 0 Å². The van der Waals surface area contributed by atoms with Crippen LogP contribution in [0.25, 0.3) is 0 Å². The van der Waals surface area contributed by atoms with E-state index < -0.39 is 11.6 Å². The molecular formula is C8H9F2NO2. The van der Waals surface area contributed by atoms with E-state index in [4.69, 9.17) is 5.21 Å². The molecule has 0 aromatic heterocycles. The molecule has 5 heteroatoms. The van der Waals surface area contributed by atoms with Gasteiger partial charge in [-0.2, -0.15) is 4.39 Å². The standard InChI is InChI=1S/C8H9F2NO2/c1-13-8-5(4-11-12)2-3-6(9)7(8)10/h2-3,11-12H,4H2,1H3. The molecule has 0 saturated carbocycles.